The molecule has 0 aromatic carbocycles. The van der Waals surface area contributed by atoms with E-state index in [1.54, 1.807) is 31.5 Å². The van der Waals surface area contributed by atoms with Gasteiger partial charge in [-0.05, 0) is 31.2 Å². The largest absolute Gasteiger partial charge is 0.465 e. The number of nitrogens with zero attached hydrogens (tertiary/aromatic N) is 1. The number of anilines is 1. The van der Waals surface area contributed by atoms with Gasteiger partial charge in [0.25, 0.3) is 0 Å². The van der Waals surface area contributed by atoms with Gasteiger partial charge in [0.2, 0.25) is 5.91 Å². The highest BCUT2D eigenvalue weighted by atomic mass is 16.5. The molecule has 6 nitrogen and oxygen atoms in total. The summed E-state index contributed by atoms with van der Waals surface area (Å²) in [6.07, 6.45) is 5.96. The summed E-state index contributed by atoms with van der Waals surface area (Å²) in [6.45, 7) is 1.65. The minimum Gasteiger partial charge on any atom is -0.465 e. The van der Waals surface area contributed by atoms with Crippen molar-refractivity contribution in [3.05, 3.63) is 53.8 Å². The molecule has 1 N–H and O–H groups in total. The molecule has 0 atom stereocenters. The number of amides is 1. The fraction of sp³-hybridized carbons (Fsp3) is 0.133. The van der Waals surface area contributed by atoms with Gasteiger partial charge in [0.05, 0.1) is 7.11 Å². The second kappa shape index (κ2) is 6.51. The molecule has 6 heteroatoms. The summed E-state index contributed by atoms with van der Waals surface area (Å²) in [4.78, 5) is 27.0. The fourth-order valence-corrected chi connectivity index (χ4v) is 1.68. The lowest BCUT2D eigenvalue weighted by atomic mass is 10.2. The first-order valence-electron chi connectivity index (χ1n) is 6.18. The molecule has 0 saturated heterocycles. The average molecular weight is 286 g/mol. The van der Waals surface area contributed by atoms with Crippen LogP contribution in [0.4, 0.5) is 5.69 Å². The number of nitrogens with one attached hydrogen (secondary N) is 1. The van der Waals surface area contributed by atoms with Gasteiger partial charge in [0.15, 0.2) is 0 Å². The molecule has 2 aromatic rings. The smallest absolute Gasteiger partial charge is 0.341 e. The second-order valence-corrected chi connectivity index (χ2v) is 4.17. The molecule has 0 spiro atoms. The normalized spacial score (nSPS) is 10.6. The summed E-state index contributed by atoms with van der Waals surface area (Å²) in [5, 5.41) is 2.67. The monoisotopic (exact) mass is 286 g/mol. The molecule has 0 bridgehead atoms. The molecule has 2 rings (SSSR count). The number of aryl methyl sites for hydroxylation is 1. The average Bonchev–Trinajstić information content (AvgIpc) is 2.86. The van der Waals surface area contributed by atoms with E-state index in [2.05, 4.69) is 15.0 Å². The molecular weight excluding hydrogens is 272 g/mol. The quantitative estimate of drug-likeness (QED) is 0.689. The summed E-state index contributed by atoms with van der Waals surface area (Å²) in [7, 11) is 1.30. The van der Waals surface area contributed by atoms with Gasteiger partial charge in [-0.2, -0.15) is 0 Å². The highest BCUT2D eigenvalue weighted by molar-refractivity contribution is 6.01. The zero-order valence-electron chi connectivity index (χ0n) is 11.6. The maximum atomic E-state index is 11.7. The minimum absolute atomic E-state index is 0.310. The maximum absolute atomic E-state index is 11.7. The van der Waals surface area contributed by atoms with E-state index in [4.69, 9.17) is 4.42 Å². The van der Waals surface area contributed by atoms with E-state index in [1.165, 1.54) is 25.3 Å². The van der Waals surface area contributed by atoms with Gasteiger partial charge >= 0.3 is 5.97 Å². The number of furan rings is 1. The standard InChI is InChI=1S/C15H14N2O4/c1-10-13(15(19)20-2)9-12(21-10)3-4-14(18)17-11-5-7-16-8-6-11/h3-9H,1-2H3,(H,16,17,18)/b4-3+. The van der Waals surface area contributed by atoms with E-state index in [9.17, 15) is 9.59 Å². The molecule has 21 heavy (non-hydrogen) atoms. The number of methoxy groups -OCH3 is 1. The van der Waals surface area contributed by atoms with Gasteiger partial charge in [-0.3, -0.25) is 9.78 Å². The van der Waals surface area contributed by atoms with Crippen molar-refractivity contribution in [2.24, 2.45) is 0 Å². The van der Waals surface area contributed by atoms with E-state index in [0.717, 1.165) is 0 Å². The van der Waals surface area contributed by atoms with Crippen molar-refractivity contribution in [3.8, 4) is 0 Å². The summed E-state index contributed by atoms with van der Waals surface area (Å²) in [5.41, 5.74) is 0.984. The van der Waals surface area contributed by atoms with Crippen molar-refractivity contribution in [3.63, 3.8) is 0 Å². The number of hydrogen-bond acceptors (Lipinski definition) is 5. The predicted octanol–water partition coefficient (Wildman–Crippen LogP) is 2.42. The third kappa shape index (κ3) is 3.79. The van der Waals surface area contributed by atoms with Crippen LogP contribution in [0.1, 0.15) is 21.9 Å². The minimum atomic E-state index is -0.475. The Morgan fingerprint density at radius 3 is 2.71 bits per heavy atom. The van der Waals surface area contributed by atoms with E-state index in [-0.39, 0.29) is 5.91 Å². The maximum Gasteiger partial charge on any atom is 0.341 e. The number of carbonyl (C=O) groups excluding carboxylic acids is 2. The number of rotatable bonds is 4. The van der Waals surface area contributed by atoms with Crippen molar-refractivity contribution in [2.45, 2.75) is 6.92 Å². The van der Waals surface area contributed by atoms with Crippen LogP contribution in [0.2, 0.25) is 0 Å². The van der Waals surface area contributed by atoms with Gasteiger partial charge in [-0.1, -0.05) is 0 Å². The van der Waals surface area contributed by atoms with Crippen LogP contribution in [0.25, 0.3) is 6.08 Å². The van der Waals surface area contributed by atoms with Crippen molar-refractivity contribution >= 4 is 23.6 Å². The molecule has 0 fully saturated rings. The molecule has 0 radical (unpaired) electrons. The Morgan fingerprint density at radius 2 is 2.05 bits per heavy atom. The van der Waals surface area contributed by atoms with Gasteiger partial charge in [0.1, 0.15) is 17.1 Å². The fourth-order valence-electron chi connectivity index (χ4n) is 1.68. The van der Waals surface area contributed by atoms with Crippen LogP contribution in [0.5, 0.6) is 0 Å². The first-order chi connectivity index (χ1) is 10.1. The number of hydrogen-bond donors (Lipinski definition) is 1. The Hall–Kier alpha value is -2.89. The predicted molar refractivity (Wildman–Crippen MR) is 76.7 cm³/mol. The van der Waals surface area contributed by atoms with Crippen molar-refractivity contribution < 1.29 is 18.7 Å². The molecule has 0 unspecified atom stereocenters. The number of aromatic nitrogens is 1. The lowest BCUT2D eigenvalue weighted by Gasteiger charge is -1.99. The van der Waals surface area contributed by atoms with Crippen LogP contribution in [-0.2, 0) is 9.53 Å². The Morgan fingerprint density at radius 1 is 1.33 bits per heavy atom. The highest BCUT2D eigenvalue weighted by Gasteiger charge is 2.14. The van der Waals surface area contributed by atoms with Crippen LogP contribution in [-0.4, -0.2) is 24.0 Å². The SMILES string of the molecule is COC(=O)c1cc(/C=C/C(=O)Nc2ccncc2)oc1C. The molecule has 2 aromatic heterocycles. The van der Waals surface area contributed by atoms with Crippen LogP contribution in [0.3, 0.4) is 0 Å². The lowest BCUT2D eigenvalue weighted by molar-refractivity contribution is -0.111. The first-order valence-corrected chi connectivity index (χ1v) is 6.18. The van der Waals surface area contributed by atoms with Crippen molar-refractivity contribution in [1.82, 2.24) is 4.98 Å². The number of ether oxygens (including phenoxy) is 1. The molecule has 2 heterocycles. The van der Waals surface area contributed by atoms with E-state index in [1.807, 2.05) is 0 Å². The van der Waals surface area contributed by atoms with E-state index < -0.39 is 5.97 Å². The summed E-state index contributed by atoms with van der Waals surface area (Å²) >= 11 is 0. The third-order valence-corrected chi connectivity index (χ3v) is 2.69. The van der Waals surface area contributed by atoms with Gasteiger partial charge in [0, 0.05) is 24.2 Å². The summed E-state index contributed by atoms with van der Waals surface area (Å²) in [5.74, 6) is 0.0563. The van der Waals surface area contributed by atoms with Crippen LogP contribution in [0.15, 0.2) is 41.1 Å². The van der Waals surface area contributed by atoms with Crippen LogP contribution in [0, 0.1) is 6.92 Å². The Balaban J connectivity index is 2.04. The van der Waals surface area contributed by atoms with Gasteiger partial charge in [-0.15, -0.1) is 0 Å². The molecule has 0 saturated carbocycles. The summed E-state index contributed by atoms with van der Waals surface area (Å²) in [6, 6.07) is 4.88. The highest BCUT2D eigenvalue weighted by Crippen LogP contribution is 2.16. The van der Waals surface area contributed by atoms with Crippen LogP contribution >= 0.6 is 0 Å². The van der Waals surface area contributed by atoms with Crippen molar-refractivity contribution in [1.29, 1.82) is 0 Å². The van der Waals surface area contributed by atoms with Crippen molar-refractivity contribution in [2.75, 3.05) is 12.4 Å². The summed E-state index contributed by atoms with van der Waals surface area (Å²) < 4.78 is 9.99. The van der Waals surface area contributed by atoms with Gasteiger partial charge < -0.3 is 14.5 Å². The van der Waals surface area contributed by atoms with E-state index in [0.29, 0.717) is 22.8 Å². The number of carbonyl (C=O) groups is 2. The van der Waals surface area contributed by atoms with Crippen LogP contribution < -0.4 is 5.32 Å². The Kier molecular flexibility index (Phi) is 4.50. The Bertz CT molecular complexity index is 674. The number of pyridine rings is 1. The molecular formula is C15H14N2O4. The molecule has 1 amide bonds. The molecule has 0 aliphatic rings. The first kappa shape index (κ1) is 14.5. The zero-order chi connectivity index (χ0) is 15.2. The lowest BCUT2D eigenvalue weighted by Crippen LogP contribution is -2.07. The third-order valence-electron chi connectivity index (χ3n) is 2.69. The number of esters is 1. The molecule has 0 aliphatic carbocycles. The Labute approximate surface area is 121 Å². The zero-order valence-corrected chi connectivity index (χ0v) is 11.6. The second-order valence-electron chi connectivity index (χ2n) is 4.17. The topological polar surface area (TPSA) is 81.4 Å². The van der Waals surface area contributed by atoms with Gasteiger partial charge in [-0.25, -0.2) is 4.79 Å². The van der Waals surface area contributed by atoms with E-state index >= 15 is 0 Å². The molecule has 108 valence electrons. The molecule has 0 aliphatic heterocycles.